The van der Waals surface area contributed by atoms with Gasteiger partial charge in [0.2, 0.25) is 0 Å². The van der Waals surface area contributed by atoms with Crippen LogP contribution >= 0.6 is 38.9 Å². The molecule has 110 valence electrons. The molecular weight excluding hydrogens is 391 g/mol. The van der Waals surface area contributed by atoms with Crippen LogP contribution in [0.4, 0.5) is 13.2 Å². The SMILES string of the molecule is CC(C)N(CC(F)(F)F)S(=O)(=O)c1cc(Cl)c(Br)s1. The summed E-state index contributed by atoms with van der Waals surface area (Å²) in [7, 11) is -4.22. The summed E-state index contributed by atoms with van der Waals surface area (Å²) in [6.45, 7) is 1.24. The highest BCUT2D eigenvalue weighted by Crippen LogP contribution is 2.37. The molecule has 0 aliphatic heterocycles. The topological polar surface area (TPSA) is 37.4 Å². The van der Waals surface area contributed by atoms with E-state index in [9.17, 15) is 21.6 Å². The van der Waals surface area contributed by atoms with Gasteiger partial charge in [-0.1, -0.05) is 11.6 Å². The number of hydrogen-bond acceptors (Lipinski definition) is 3. The summed E-state index contributed by atoms with van der Waals surface area (Å²) in [6.07, 6.45) is -4.60. The molecule has 0 aliphatic rings. The molecule has 10 heteroatoms. The van der Waals surface area contributed by atoms with Crippen molar-refractivity contribution in [2.75, 3.05) is 6.54 Å². The minimum Gasteiger partial charge on any atom is -0.206 e. The van der Waals surface area contributed by atoms with E-state index in [1.54, 1.807) is 0 Å². The van der Waals surface area contributed by atoms with Crippen LogP contribution in [0.15, 0.2) is 14.1 Å². The van der Waals surface area contributed by atoms with E-state index < -0.39 is 28.8 Å². The van der Waals surface area contributed by atoms with Crippen molar-refractivity contribution in [3.63, 3.8) is 0 Å². The molecule has 0 atom stereocenters. The lowest BCUT2D eigenvalue weighted by Gasteiger charge is -2.26. The summed E-state index contributed by atoms with van der Waals surface area (Å²) in [4.78, 5) is 0. The summed E-state index contributed by atoms with van der Waals surface area (Å²) < 4.78 is 62.3. The Labute approximate surface area is 126 Å². The van der Waals surface area contributed by atoms with E-state index in [0.717, 1.165) is 17.4 Å². The second-order valence-electron chi connectivity index (χ2n) is 3.95. The molecule has 0 spiro atoms. The van der Waals surface area contributed by atoms with Crippen molar-refractivity contribution in [2.45, 2.75) is 30.3 Å². The summed E-state index contributed by atoms with van der Waals surface area (Å²) in [5, 5.41) is 0.152. The Morgan fingerprint density at radius 1 is 1.47 bits per heavy atom. The lowest BCUT2D eigenvalue weighted by molar-refractivity contribution is -0.138. The van der Waals surface area contributed by atoms with Crippen molar-refractivity contribution in [2.24, 2.45) is 0 Å². The van der Waals surface area contributed by atoms with Crippen LogP contribution in [0.25, 0.3) is 0 Å². The number of alkyl halides is 3. The second kappa shape index (κ2) is 5.88. The molecule has 1 rings (SSSR count). The maximum absolute atomic E-state index is 12.5. The number of sulfonamides is 1. The van der Waals surface area contributed by atoms with Gasteiger partial charge in [-0.25, -0.2) is 8.42 Å². The molecule has 1 aromatic heterocycles. The van der Waals surface area contributed by atoms with Crippen LogP contribution in [0.2, 0.25) is 5.02 Å². The van der Waals surface area contributed by atoms with Gasteiger partial charge in [-0.3, -0.25) is 0 Å². The predicted molar refractivity (Wildman–Crippen MR) is 72.1 cm³/mol. The smallest absolute Gasteiger partial charge is 0.206 e. The van der Waals surface area contributed by atoms with E-state index in [1.807, 2.05) is 0 Å². The number of hydrogen-bond donors (Lipinski definition) is 0. The zero-order chi connectivity index (χ0) is 15.0. The summed E-state index contributed by atoms with van der Waals surface area (Å²) in [5.41, 5.74) is 0. The quantitative estimate of drug-likeness (QED) is 0.762. The van der Waals surface area contributed by atoms with Crippen LogP contribution in [0.5, 0.6) is 0 Å². The van der Waals surface area contributed by atoms with Crippen molar-refractivity contribution >= 4 is 48.9 Å². The van der Waals surface area contributed by atoms with Gasteiger partial charge in [0.1, 0.15) is 10.8 Å². The van der Waals surface area contributed by atoms with E-state index in [4.69, 9.17) is 11.6 Å². The molecule has 19 heavy (non-hydrogen) atoms. The summed E-state index contributed by atoms with van der Waals surface area (Å²) in [6, 6.07) is 0.323. The number of nitrogens with zero attached hydrogens (tertiary/aromatic N) is 1. The third-order valence-electron chi connectivity index (χ3n) is 2.10. The Kier molecular flexibility index (Phi) is 5.33. The zero-order valence-corrected chi connectivity index (χ0v) is 13.8. The average molecular weight is 401 g/mol. The van der Waals surface area contributed by atoms with Gasteiger partial charge in [0, 0.05) is 6.04 Å². The maximum atomic E-state index is 12.5. The van der Waals surface area contributed by atoms with Gasteiger partial charge in [0.15, 0.2) is 0 Å². The predicted octanol–water partition coefficient (Wildman–Crippen LogP) is 4.13. The number of rotatable bonds is 4. The van der Waals surface area contributed by atoms with E-state index in [0.29, 0.717) is 8.09 Å². The first-order valence-electron chi connectivity index (χ1n) is 4.98. The van der Waals surface area contributed by atoms with Crippen molar-refractivity contribution in [3.05, 3.63) is 14.9 Å². The van der Waals surface area contributed by atoms with Gasteiger partial charge in [-0.15, -0.1) is 11.3 Å². The molecule has 0 saturated heterocycles. The minimum absolute atomic E-state index is 0.152. The van der Waals surface area contributed by atoms with E-state index in [-0.39, 0.29) is 9.23 Å². The molecular formula is C9H10BrClF3NO2S2. The molecule has 3 nitrogen and oxygen atoms in total. The number of thiophene rings is 1. The molecule has 0 unspecified atom stereocenters. The summed E-state index contributed by atoms with van der Waals surface area (Å²) in [5.74, 6) is 0. The summed E-state index contributed by atoms with van der Waals surface area (Å²) >= 11 is 9.53. The van der Waals surface area contributed by atoms with Crippen LogP contribution in [-0.2, 0) is 10.0 Å². The van der Waals surface area contributed by atoms with Gasteiger partial charge in [0.25, 0.3) is 10.0 Å². The molecule has 0 fully saturated rings. The lowest BCUT2D eigenvalue weighted by atomic mass is 10.4. The van der Waals surface area contributed by atoms with Crippen LogP contribution in [0.1, 0.15) is 13.8 Å². The minimum atomic E-state index is -4.60. The first kappa shape index (κ1) is 17.2. The lowest BCUT2D eigenvalue weighted by Crippen LogP contribution is -2.42. The zero-order valence-electron chi connectivity index (χ0n) is 9.83. The fraction of sp³-hybridized carbons (Fsp3) is 0.556. The monoisotopic (exact) mass is 399 g/mol. The van der Waals surface area contributed by atoms with Crippen molar-refractivity contribution in [1.29, 1.82) is 0 Å². The standard InChI is InChI=1S/C9H10BrClF3NO2S2/c1-5(2)15(4-9(12,13)14)19(16,17)7-3-6(11)8(10)18-7/h3,5H,4H2,1-2H3. The molecule has 1 aromatic rings. The van der Waals surface area contributed by atoms with Crippen LogP contribution in [0.3, 0.4) is 0 Å². The highest BCUT2D eigenvalue weighted by molar-refractivity contribution is 9.11. The first-order chi connectivity index (χ1) is 8.45. The molecule has 1 heterocycles. The van der Waals surface area contributed by atoms with E-state index >= 15 is 0 Å². The van der Waals surface area contributed by atoms with Crippen LogP contribution in [0, 0.1) is 0 Å². The average Bonchev–Trinajstić information content (AvgIpc) is 2.55. The molecule has 0 saturated carbocycles. The van der Waals surface area contributed by atoms with E-state index in [2.05, 4.69) is 15.9 Å². The Morgan fingerprint density at radius 2 is 2.00 bits per heavy atom. The molecule has 0 aromatic carbocycles. The Balaban J connectivity index is 3.21. The third-order valence-corrected chi connectivity index (χ3v) is 7.04. The largest absolute Gasteiger partial charge is 0.402 e. The van der Waals surface area contributed by atoms with Gasteiger partial charge >= 0.3 is 6.18 Å². The molecule has 0 amide bonds. The van der Waals surface area contributed by atoms with Gasteiger partial charge in [-0.05, 0) is 35.8 Å². The van der Waals surface area contributed by atoms with Gasteiger partial charge in [-0.2, -0.15) is 17.5 Å². The first-order valence-corrected chi connectivity index (χ1v) is 8.41. The second-order valence-corrected chi connectivity index (χ2v) is 8.84. The maximum Gasteiger partial charge on any atom is 0.402 e. The van der Waals surface area contributed by atoms with Crippen LogP contribution in [-0.4, -0.2) is 31.5 Å². The van der Waals surface area contributed by atoms with Crippen molar-refractivity contribution in [1.82, 2.24) is 4.31 Å². The van der Waals surface area contributed by atoms with Gasteiger partial charge in [0.05, 0.1) is 8.81 Å². The normalized spacial score (nSPS) is 13.5. The fourth-order valence-corrected chi connectivity index (χ4v) is 5.44. The fourth-order valence-electron chi connectivity index (χ4n) is 1.29. The van der Waals surface area contributed by atoms with Crippen molar-refractivity contribution < 1.29 is 21.6 Å². The van der Waals surface area contributed by atoms with E-state index in [1.165, 1.54) is 13.8 Å². The molecule has 0 N–H and O–H groups in total. The Morgan fingerprint density at radius 3 is 2.32 bits per heavy atom. The number of halogens is 5. The third kappa shape index (κ3) is 4.32. The molecule has 0 bridgehead atoms. The highest BCUT2D eigenvalue weighted by atomic mass is 79.9. The van der Waals surface area contributed by atoms with Crippen molar-refractivity contribution in [3.8, 4) is 0 Å². The van der Waals surface area contributed by atoms with Crippen LogP contribution < -0.4 is 0 Å². The molecule has 0 radical (unpaired) electrons. The highest BCUT2D eigenvalue weighted by Gasteiger charge is 2.39. The Hall–Kier alpha value is 0.170. The Bertz CT molecular complexity index is 537. The molecule has 0 aliphatic carbocycles. The van der Waals surface area contributed by atoms with Gasteiger partial charge < -0.3 is 0 Å².